The van der Waals surface area contributed by atoms with E-state index in [-0.39, 0.29) is 23.4 Å². The van der Waals surface area contributed by atoms with Gasteiger partial charge >= 0.3 is 0 Å². The largest absolute Gasteiger partial charge is 0.448 e. The Labute approximate surface area is 160 Å². The van der Waals surface area contributed by atoms with E-state index in [0.717, 1.165) is 36.9 Å². The highest BCUT2D eigenvalue weighted by Crippen LogP contribution is 2.25. The highest BCUT2D eigenvalue weighted by atomic mass is 35.5. The third-order valence-electron chi connectivity index (χ3n) is 4.98. The zero-order chi connectivity index (χ0) is 18.2. The number of amides is 1. The second-order valence-corrected chi connectivity index (χ2v) is 8.89. The second-order valence-electron chi connectivity index (χ2n) is 6.80. The first-order valence-corrected chi connectivity index (χ1v) is 10.0. The summed E-state index contributed by atoms with van der Waals surface area (Å²) in [5.74, 6) is 0.190. The summed E-state index contributed by atoms with van der Waals surface area (Å²) in [6.45, 7) is 6.97. The van der Waals surface area contributed by atoms with Crippen LogP contribution in [0.4, 0.5) is 0 Å². The molecule has 1 aromatic rings. The lowest BCUT2D eigenvalue weighted by molar-refractivity contribution is 0.0771. The zero-order valence-electron chi connectivity index (χ0n) is 15.4. The van der Waals surface area contributed by atoms with E-state index in [4.69, 9.17) is 4.42 Å². The molecule has 3 heterocycles. The molecule has 10 heteroatoms. The summed E-state index contributed by atoms with van der Waals surface area (Å²) in [4.78, 5) is 17.1. The maximum atomic E-state index is 12.8. The molecule has 26 heavy (non-hydrogen) atoms. The van der Waals surface area contributed by atoms with Crippen molar-refractivity contribution in [3.05, 3.63) is 17.4 Å². The van der Waals surface area contributed by atoms with Crippen LogP contribution in [0.2, 0.25) is 0 Å². The summed E-state index contributed by atoms with van der Waals surface area (Å²) in [6, 6.07) is 1.73. The Balaban J connectivity index is 0.00000243. The Bertz CT molecular complexity index is 743. The molecule has 0 aliphatic carbocycles. The Morgan fingerprint density at radius 2 is 1.92 bits per heavy atom. The molecule has 0 radical (unpaired) electrons. The van der Waals surface area contributed by atoms with Crippen molar-refractivity contribution in [2.45, 2.75) is 24.5 Å². The predicted octanol–water partition coefficient (Wildman–Crippen LogP) is 0.380. The SMILES string of the molecule is Cc1oc(S(=O)(=O)N(C)C)cc1C(=O)N1CCC(N2CCNCC2)C1.Cl. The van der Waals surface area contributed by atoms with E-state index in [1.807, 2.05) is 0 Å². The summed E-state index contributed by atoms with van der Waals surface area (Å²) < 4.78 is 30.8. The molecular formula is C16H27ClN4O4S. The molecule has 0 aromatic carbocycles. The molecule has 2 saturated heterocycles. The van der Waals surface area contributed by atoms with Gasteiger partial charge in [0, 0.05) is 65.5 Å². The Kier molecular flexibility index (Phi) is 6.73. The van der Waals surface area contributed by atoms with Crippen molar-refractivity contribution in [2.24, 2.45) is 0 Å². The van der Waals surface area contributed by atoms with Crippen LogP contribution in [0.25, 0.3) is 0 Å². The molecule has 8 nitrogen and oxygen atoms in total. The van der Waals surface area contributed by atoms with E-state index < -0.39 is 10.0 Å². The third-order valence-corrected chi connectivity index (χ3v) is 6.65. The van der Waals surface area contributed by atoms with Gasteiger partial charge in [-0.3, -0.25) is 9.69 Å². The fraction of sp³-hybridized carbons (Fsp3) is 0.688. The molecule has 1 unspecified atom stereocenters. The molecule has 2 fully saturated rings. The number of aryl methyl sites for hydroxylation is 1. The van der Waals surface area contributed by atoms with E-state index in [1.54, 1.807) is 11.8 Å². The fourth-order valence-electron chi connectivity index (χ4n) is 3.42. The number of piperazine rings is 1. The maximum absolute atomic E-state index is 12.8. The summed E-state index contributed by atoms with van der Waals surface area (Å²) in [7, 11) is -0.807. The third kappa shape index (κ3) is 4.07. The van der Waals surface area contributed by atoms with Crippen molar-refractivity contribution in [3.63, 3.8) is 0 Å². The van der Waals surface area contributed by atoms with Crippen LogP contribution in [0, 0.1) is 6.92 Å². The van der Waals surface area contributed by atoms with E-state index in [9.17, 15) is 13.2 Å². The second kappa shape index (κ2) is 8.26. The normalized spacial score (nSPS) is 21.8. The number of likely N-dealkylation sites (tertiary alicyclic amines) is 1. The van der Waals surface area contributed by atoms with Gasteiger partial charge in [0.1, 0.15) is 5.76 Å². The minimum Gasteiger partial charge on any atom is -0.448 e. The van der Waals surface area contributed by atoms with Crippen molar-refractivity contribution in [1.82, 2.24) is 19.4 Å². The van der Waals surface area contributed by atoms with Crippen LogP contribution in [0.1, 0.15) is 22.5 Å². The van der Waals surface area contributed by atoms with Gasteiger partial charge in [0.15, 0.2) is 0 Å². The molecule has 1 amide bonds. The number of rotatable bonds is 4. The van der Waals surface area contributed by atoms with Crippen LogP contribution in [0.5, 0.6) is 0 Å². The van der Waals surface area contributed by atoms with Gasteiger partial charge in [-0.05, 0) is 13.3 Å². The van der Waals surface area contributed by atoms with Crippen molar-refractivity contribution in [2.75, 3.05) is 53.4 Å². The molecule has 3 rings (SSSR count). The van der Waals surface area contributed by atoms with Crippen LogP contribution >= 0.6 is 12.4 Å². The Morgan fingerprint density at radius 1 is 1.27 bits per heavy atom. The van der Waals surface area contributed by atoms with Crippen molar-refractivity contribution < 1.29 is 17.6 Å². The fourth-order valence-corrected chi connectivity index (χ4v) is 4.27. The quantitative estimate of drug-likeness (QED) is 0.778. The van der Waals surface area contributed by atoms with Crippen LogP contribution in [-0.4, -0.2) is 87.8 Å². The van der Waals surface area contributed by atoms with E-state index in [0.29, 0.717) is 30.5 Å². The average Bonchev–Trinajstić information content (AvgIpc) is 3.22. The summed E-state index contributed by atoms with van der Waals surface area (Å²) in [5, 5.41) is 3.15. The number of carbonyl (C=O) groups excluding carboxylic acids is 1. The van der Waals surface area contributed by atoms with Gasteiger partial charge in [0.25, 0.3) is 15.9 Å². The van der Waals surface area contributed by atoms with E-state index in [1.165, 1.54) is 20.2 Å². The molecule has 2 aliphatic rings. The standard InChI is InChI=1S/C16H26N4O4S.ClH/c1-12-14(10-15(24-12)25(22,23)18(2)3)16(21)20-7-4-13(11-20)19-8-5-17-6-9-19;/h10,13,17H,4-9,11H2,1-3H3;1H. The minimum absolute atomic E-state index is 0. The summed E-state index contributed by atoms with van der Waals surface area (Å²) in [5.41, 5.74) is 0.335. The number of furan rings is 1. The van der Waals surface area contributed by atoms with Crippen molar-refractivity contribution >= 4 is 28.3 Å². The van der Waals surface area contributed by atoms with Gasteiger partial charge in [-0.25, -0.2) is 12.7 Å². The number of halogens is 1. The lowest BCUT2D eigenvalue weighted by Gasteiger charge is -2.32. The summed E-state index contributed by atoms with van der Waals surface area (Å²) >= 11 is 0. The highest BCUT2D eigenvalue weighted by molar-refractivity contribution is 7.88. The predicted molar refractivity (Wildman–Crippen MR) is 100 cm³/mol. The molecule has 1 N–H and O–H groups in total. The monoisotopic (exact) mass is 406 g/mol. The van der Waals surface area contributed by atoms with Gasteiger partial charge in [-0.2, -0.15) is 0 Å². The number of hydrogen-bond donors (Lipinski definition) is 1. The molecule has 0 saturated carbocycles. The van der Waals surface area contributed by atoms with Crippen LogP contribution in [-0.2, 0) is 10.0 Å². The minimum atomic E-state index is -3.68. The molecule has 148 valence electrons. The lowest BCUT2D eigenvalue weighted by atomic mass is 10.2. The van der Waals surface area contributed by atoms with Crippen molar-refractivity contribution in [1.29, 1.82) is 0 Å². The summed E-state index contributed by atoms with van der Waals surface area (Å²) in [6.07, 6.45) is 0.950. The van der Waals surface area contributed by atoms with Crippen molar-refractivity contribution in [3.8, 4) is 0 Å². The first kappa shape index (κ1) is 21.2. The Hall–Kier alpha value is -1.13. The first-order chi connectivity index (χ1) is 11.8. The van der Waals surface area contributed by atoms with Gasteiger partial charge in [0.2, 0.25) is 5.09 Å². The molecule has 1 atom stereocenters. The lowest BCUT2D eigenvalue weighted by Crippen LogP contribution is -2.49. The molecule has 1 aromatic heterocycles. The first-order valence-electron chi connectivity index (χ1n) is 8.57. The topological polar surface area (TPSA) is 86.1 Å². The molecule has 0 bridgehead atoms. The van der Waals surface area contributed by atoms with Gasteiger partial charge in [-0.1, -0.05) is 0 Å². The molecule has 0 spiro atoms. The molecule has 2 aliphatic heterocycles. The van der Waals surface area contributed by atoms with Crippen LogP contribution in [0.3, 0.4) is 0 Å². The van der Waals surface area contributed by atoms with E-state index >= 15 is 0 Å². The Morgan fingerprint density at radius 3 is 2.54 bits per heavy atom. The van der Waals surface area contributed by atoms with Crippen LogP contribution < -0.4 is 5.32 Å². The van der Waals surface area contributed by atoms with Gasteiger partial charge < -0.3 is 14.6 Å². The molecular weight excluding hydrogens is 380 g/mol. The number of nitrogens with one attached hydrogen (secondary N) is 1. The smallest absolute Gasteiger partial charge is 0.275 e. The van der Waals surface area contributed by atoms with Gasteiger partial charge in [-0.15, -0.1) is 12.4 Å². The zero-order valence-corrected chi connectivity index (χ0v) is 17.0. The number of sulfonamides is 1. The average molecular weight is 407 g/mol. The van der Waals surface area contributed by atoms with E-state index in [2.05, 4.69) is 10.2 Å². The van der Waals surface area contributed by atoms with Gasteiger partial charge in [0.05, 0.1) is 5.56 Å². The number of nitrogens with zero attached hydrogens (tertiary/aromatic N) is 3. The van der Waals surface area contributed by atoms with Crippen LogP contribution in [0.15, 0.2) is 15.6 Å². The number of carbonyl (C=O) groups is 1. The maximum Gasteiger partial charge on any atom is 0.275 e. The highest BCUT2D eigenvalue weighted by Gasteiger charge is 2.33. The number of hydrogen-bond acceptors (Lipinski definition) is 6.